The van der Waals surface area contributed by atoms with Gasteiger partial charge < -0.3 is 5.73 Å². The molecule has 0 heterocycles. The Bertz CT molecular complexity index is 369. The predicted molar refractivity (Wildman–Crippen MR) is 77.4 cm³/mol. The van der Waals surface area contributed by atoms with Crippen molar-refractivity contribution in [3.8, 4) is 0 Å². The lowest BCUT2D eigenvalue weighted by Gasteiger charge is -2.32. The molecule has 1 aliphatic rings. The van der Waals surface area contributed by atoms with Crippen molar-refractivity contribution < 1.29 is 0 Å². The molecule has 0 aliphatic heterocycles. The van der Waals surface area contributed by atoms with E-state index in [9.17, 15) is 0 Å². The van der Waals surface area contributed by atoms with E-state index in [1.54, 1.807) is 0 Å². The zero-order valence-corrected chi connectivity index (χ0v) is 11.7. The number of rotatable bonds is 5. The van der Waals surface area contributed by atoms with Crippen LogP contribution in [0.5, 0.6) is 0 Å². The molecule has 2 heteroatoms. The van der Waals surface area contributed by atoms with Gasteiger partial charge in [0.25, 0.3) is 0 Å². The lowest BCUT2D eigenvalue weighted by Crippen LogP contribution is -2.42. The van der Waals surface area contributed by atoms with Gasteiger partial charge in [-0.3, -0.25) is 4.90 Å². The van der Waals surface area contributed by atoms with Gasteiger partial charge in [0.2, 0.25) is 0 Å². The smallest absolute Gasteiger partial charge is 0.0247 e. The third-order valence-electron chi connectivity index (χ3n) is 4.27. The Labute approximate surface area is 111 Å². The number of nitrogens with zero attached hydrogens (tertiary/aromatic N) is 1. The summed E-state index contributed by atoms with van der Waals surface area (Å²) in [5, 5.41) is 0. The Kier molecular flexibility index (Phi) is 4.79. The van der Waals surface area contributed by atoms with Crippen LogP contribution >= 0.6 is 0 Å². The molecule has 1 atom stereocenters. The maximum atomic E-state index is 6.00. The highest BCUT2D eigenvalue weighted by Gasteiger charge is 2.26. The van der Waals surface area contributed by atoms with Gasteiger partial charge in [-0.25, -0.2) is 0 Å². The molecule has 1 fully saturated rings. The number of aryl methyl sites for hydroxylation is 1. The van der Waals surface area contributed by atoms with Crippen molar-refractivity contribution in [2.75, 3.05) is 13.6 Å². The first-order valence-electron chi connectivity index (χ1n) is 7.16. The van der Waals surface area contributed by atoms with E-state index in [0.717, 1.165) is 19.0 Å². The van der Waals surface area contributed by atoms with Crippen LogP contribution in [0, 0.1) is 12.8 Å². The molecule has 18 heavy (non-hydrogen) atoms. The van der Waals surface area contributed by atoms with E-state index in [2.05, 4.69) is 43.1 Å². The first-order chi connectivity index (χ1) is 8.70. The summed E-state index contributed by atoms with van der Waals surface area (Å²) >= 11 is 0. The van der Waals surface area contributed by atoms with Crippen LogP contribution in [-0.4, -0.2) is 24.5 Å². The van der Waals surface area contributed by atoms with E-state index in [-0.39, 0.29) is 0 Å². The minimum absolute atomic E-state index is 0.549. The second-order valence-electron chi connectivity index (χ2n) is 5.75. The van der Waals surface area contributed by atoms with Crippen LogP contribution in [0.3, 0.4) is 0 Å². The molecule has 0 saturated heterocycles. The second kappa shape index (κ2) is 6.35. The fourth-order valence-corrected chi connectivity index (χ4v) is 3.29. The van der Waals surface area contributed by atoms with Gasteiger partial charge in [0.1, 0.15) is 0 Å². The van der Waals surface area contributed by atoms with Crippen molar-refractivity contribution in [3.63, 3.8) is 0 Å². The number of hydrogen-bond acceptors (Lipinski definition) is 2. The first kappa shape index (κ1) is 13.6. The SMILES string of the molecule is Cc1cccc(CN(C)C(CN)C2CCCC2)c1. The van der Waals surface area contributed by atoms with Crippen molar-refractivity contribution in [1.29, 1.82) is 0 Å². The Morgan fingerprint density at radius 2 is 2.06 bits per heavy atom. The van der Waals surface area contributed by atoms with Crippen LogP contribution in [0.2, 0.25) is 0 Å². The molecular formula is C16H26N2. The Balaban J connectivity index is 1.98. The van der Waals surface area contributed by atoms with Crippen LogP contribution in [0.1, 0.15) is 36.8 Å². The summed E-state index contributed by atoms with van der Waals surface area (Å²) in [6.07, 6.45) is 5.50. The van der Waals surface area contributed by atoms with Gasteiger partial charge in [-0.1, -0.05) is 42.7 Å². The molecule has 2 rings (SSSR count). The summed E-state index contributed by atoms with van der Waals surface area (Å²) in [5.74, 6) is 0.810. The standard InChI is InChI=1S/C16H26N2/c1-13-6-5-7-14(10-13)12-18(2)16(11-17)15-8-3-4-9-15/h5-7,10,15-16H,3-4,8-9,11-12,17H2,1-2H3. The second-order valence-corrected chi connectivity index (χ2v) is 5.75. The minimum Gasteiger partial charge on any atom is -0.329 e. The predicted octanol–water partition coefficient (Wildman–Crippen LogP) is 2.94. The summed E-state index contributed by atoms with van der Waals surface area (Å²) < 4.78 is 0. The quantitative estimate of drug-likeness (QED) is 0.865. The molecule has 100 valence electrons. The third-order valence-corrected chi connectivity index (χ3v) is 4.27. The number of likely N-dealkylation sites (N-methyl/N-ethyl adjacent to an activating group) is 1. The summed E-state index contributed by atoms with van der Waals surface area (Å²) in [7, 11) is 2.22. The van der Waals surface area contributed by atoms with Gasteiger partial charge in [-0.2, -0.15) is 0 Å². The zero-order valence-electron chi connectivity index (χ0n) is 11.7. The van der Waals surface area contributed by atoms with Crippen LogP contribution in [0.25, 0.3) is 0 Å². The topological polar surface area (TPSA) is 29.3 Å². The van der Waals surface area contributed by atoms with E-state index >= 15 is 0 Å². The molecule has 0 amide bonds. The largest absolute Gasteiger partial charge is 0.329 e. The summed E-state index contributed by atoms with van der Waals surface area (Å²) in [5.41, 5.74) is 8.73. The highest BCUT2D eigenvalue weighted by molar-refractivity contribution is 5.22. The lowest BCUT2D eigenvalue weighted by molar-refractivity contribution is 0.174. The zero-order chi connectivity index (χ0) is 13.0. The van der Waals surface area contributed by atoms with Crippen molar-refractivity contribution in [1.82, 2.24) is 4.90 Å². The molecule has 0 bridgehead atoms. The molecular weight excluding hydrogens is 220 g/mol. The molecule has 0 radical (unpaired) electrons. The molecule has 1 aliphatic carbocycles. The molecule has 1 unspecified atom stereocenters. The molecule has 1 aromatic carbocycles. The van der Waals surface area contributed by atoms with E-state index in [1.807, 2.05) is 0 Å². The van der Waals surface area contributed by atoms with E-state index in [4.69, 9.17) is 5.73 Å². The molecule has 0 spiro atoms. The molecule has 2 nitrogen and oxygen atoms in total. The van der Waals surface area contributed by atoms with Crippen LogP contribution in [0.15, 0.2) is 24.3 Å². The number of benzene rings is 1. The average molecular weight is 246 g/mol. The van der Waals surface area contributed by atoms with Crippen molar-refractivity contribution >= 4 is 0 Å². The Morgan fingerprint density at radius 1 is 1.33 bits per heavy atom. The monoisotopic (exact) mass is 246 g/mol. The summed E-state index contributed by atoms with van der Waals surface area (Å²) in [6, 6.07) is 9.34. The van der Waals surface area contributed by atoms with Gasteiger partial charge in [0.05, 0.1) is 0 Å². The van der Waals surface area contributed by atoms with Gasteiger partial charge in [0.15, 0.2) is 0 Å². The van der Waals surface area contributed by atoms with Crippen molar-refractivity contribution in [2.24, 2.45) is 11.7 Å². The molecule has 1 saturated carbocycles. The van der Waals surface area contributed by atoms with E-state index < -0.39 is 0 Å². The maximum absolute atomic E-state index is 6.00. The summed E-state index contributed by atoms with van der Waals surface area (Å²) in [4.78, 5) is 2.45. The van der Waals surface area contributed by atoms with Crippen LogP contribution in [0.4, 0.5) is 0 Å². The van der Waals surface area contributed by atoms with Gasteiger partial charge >= 0.3 is 0 Å². The molecule has 2 N–H and O–H groups in total. The van der Waals surface area contributed by atoms with Crippen molar-refractivity contribution in [2.45, 2.75) is 45.2 Å². The molecule has 1 aromatic rings. The normalized spacial score (nSPS) is 18.4. The highest BCUT2D eigenvalue weighted by Crippen LogP contribution is 2.30. The average Bonchev–Trinajstić information content (AvgIpc) is 2.83. The fourth-order valence-electron chi connectivity index (χ4n) is 3.29. The van der Waals surface area contributed by atoms with E-state index in [0.29, 0.717) is 6.04 Å². The summed E-state index contributed by atoms with van der Waals surface area (Å²) in [6.45, 7) is 3.95. The lowest BCUT2D eigenvalue weighted by atomic mass is 9.96. The van der Waals surface area contributed by atoms with Gasteiger partial charge in [0, 0.05) is 19.1 Å². The maximum Gasteiger partial charge on any atom is 0.0247 e. The third kappa shape index (κ3) is 3.33. The Hall–Kier alpha value is -0.860. The fraction of sp³-hybridized carbons (Fsp3) is 0.625. The first-order valence-corrected chi connectivity index (χ1v) is 7.16. The Morgan fingerprint density at radius 3 is 2.67 bits per heavy atom. The molecule has 0 aromatic heterocycles. The number of hydrogen-bond donors (Lipinski definition) is 1. The van der Waals surface area contributed by atoms with E-state index in [1.165, 1.54) is 36.8 Å². The van der Waals surface area contributed by atoms with Gasteiger partial charge in [-0.15, -0.1) is 0 Å². The van der Waals surface area contributed by atoms with Crippen LogP contribution in [-0.2, 0) is 6.54 Å². The van der Waals surface area contributed by atoms with Crippen molar-refractivity contribution in [3.05, 3.63) is 35.4 Å². The number of nitrogens with two attached hydrogens (primary N) is 1. The minimum atomic E-state index is 0.549. The van der Waals surface area contributed by atoms with Gasteiger partial charge in [-0.05, 0) is 38.3 Å². The highest BCUT2D eigenvalue weighted by atomic mass is 15.1. The van der Waals surface area contributed by atoms with Crippen LogP contribution < -0.4 is 5.73 Å².